The van der Waals surface area contributed by atoms with E-state index in [1.165, 1.54) is 30.6 Å². The van der Waals surface area contributed by atoms with Crippen LogP contribution in [0.15, 0.2) is 182 Å². The molecule has 0 aliphatic heterocycles. The van der Waals surface area contributed by atoms with Gasteiger partial charge in [-0.2, -0.15) is 0 Å². The van der Waals surface area contributed by atoms with Crippen molar-refractivity contribution in [2.24, 2.45) is 0 Å². The first-order chi connectivity index (χ1) is 33.8. The SMILES string of the molecule is CCC(C)(C)OC(=O)CCc1ccc(N(c2ccccc2)c2ccc(-c3ccc(-c4ccc(-c5ccc(N(c6ccccc6)c6ccc(CCC(=O)OCCOC(C)(C)C)cc6)cc5)s4)s3)cc2)cc1. The number of carbonyl (C=O) groups excluding carboxylic acids is 2. The summed E-state index contributed by atoms with van der Waals surface area (Å²) in [4.78, 5) is 34.3. The van der Waals surface area contributed by atoms with Gasteiger partial charge in [-0.05, 0) is 173 Å². The van der Waals surface area contributed by atoms with E-state index >= 15 is 0 Å². The van der Waals surface area contributed by atoms with Crippen molar-refractivity contribution < 1.29 is 23.8 Å². The third kappa shape index (κ3) is 13.3. The smallest absolute Gasteiger partial charge is 0.306 e. The minimum atomic E-state index is -0.445. The van der Waals surface area contributed by atoms with E-state index < -0.39 is 5.60 Å². The Morgan fingerprint density at radius 1 is 0.443 bits per heavy atom. The molecule has 2 heterocycles. The van der Waals surface area contributed by atoms with E-state index in [1.54, 1.807) is 11.3 Å². The van der Waals surface area contributed by atoms with Crippen LogP contribution in [0, 0.1) is 0 Å². The number of esters is 2. The van der Waals surface area contributed by atoms with Gasteiger partial charge in [0.2, 0.25) is 0 Å². The van der Waals surface area contributed by atoms with Crippen molar-refractivity contribution in [2.75, 3.05) is 23.0 Å². The molecule has 0 radical (unpaired) electrons. The molecule has 2 aromatic heterocycles. The standard InChI is InChI=1S/C61H62N2O5S2/c1-7-61(5,6)68-59(65)41-23-45-20-30-51(31-21-45)63(49-16-12-9-13-17-49)53-34-26-47(27-35-53)55-37-39-57(70-55)56-38-36-54(69-56)46-24-32-52(33-25-46)62(48-14-10-8-11-15-48)50-28-18-44(19-29-50)22-40-58(64)66-42-43-67-60(2,3)4/h8-21,24-39H,7,22-23,40-43H2,1-6H3. The fourth-order valence-electron chi connectivity index (χ4n) is 7.97. The highest BCUT2D eigenvalue weighted by Crippen LogP contribution is 2.43. The lowest BCUT2D eigenvalue weighted by Crippen LogP contribution is -2.27. The van der Waals surface area contributed by atoms with Gasteiger partial charge in [-0.3, -0.25) is 9.59 Å². The summed E-state index contributed by atoms with van der Waals surface area (Å²) < 4.78 is 16.7. The summed E-state index contributed by atoms with van der Waals surface area (Å²) in [7, 11) is 0. The van der Waals surface area contributed by atoms with Gasteiger partial charge in [0.1, 0.15) is 12.2 Å². The molecule has 8 rings (SSSR count). The van der Waals surface area contributed by atoms with E-state index in [1.807, 2.05) is 65.0 Å². The Balaban J connectivity index is 0.920. The quantitative estimate of drug-likeness (QED) is 0.0557. The zero-order valence-electron chi connectivity index (χ0n) is 41.0. The molecule has 0 atom stereocenters. The molecule has 0 spiro atoms. The zero-order chi connectivity index (χ0) is 49.1. The number of benzene rings is 6. The van der Waals surface area contributed by atoms with Crippen molar-refractivity contribution in [3.63, 3.8) is 0 Å². The third-order valence-electron chi connectivity index (χ3n) is 12.1. The molecule has 70 heavy (non-hydrogen) atoms. The highest BCUT2D eigenvalue weighted by molar-refractivity contribution is 7.25. The number of ether oxygens (including phenoxy) is 3. The molecule has 0 aliphatic carbocycles. The van der Waals surface area contributed by atoms with Crippen molar-refractivity contribution in [3.05, 3.63) is 193 Å². The minimum absolute atomic E-state index is 0.164. The second-order valence-corrected chi connectivity index (χ2v) is 21.0. The molecule has 0 unspecified atom stereocenters. The maximum absolute atomic E-state index is 12.5. The molecule has 0 amide bonds. The summed E-state index contributed by atoms with van der Waals surface area (Å²) >= 11 is 3.61. The Kier molecular flexibility index (Phi) is 16.1. The molecule has 0 N–H and O–H groups in total. The van der Waals surface area contributed by atoms with Crippen LogP contribution in [0.3, 0.4) is 0 Å². The van der Waals surface area contributed by atoms with Crippen LogP contribution in [-0.4, -0.2) is 36.4 Å². The number of aryl methyl sites for hydroxylation is 2. The van der Waals surface area contributed by atoms with Crippen LogP contribution in [0.4, 0.5) is 34.1 Å². The predicted octanol–water partition coefficient (Wildman–Crippen LogP) is 16.7. The maximum atomic E-state index is 12.5. The fraction of sp³-hybridized carbons (Fsp3) is 0.246. The number of hydrogen-bond acceptors (Lipinski definition) is 9. The average molecular weight is 967 g/mol. The number of carbonyl (C=O) groups is 2. The van der Waals surface area contributed by atoms with Gasteiger partial charge in [0.15, 0.2) is 0 Å². The third-order valence-corrected chi connectivity index (χ3v) is 14.5. The molecule has 9 heteroatoms. The van der Waals surface area contributed by atoms with Gasteiger partial charge in [0.05, 0.1) is 12.2 Å². The summed E-state index contributed by atoms with van der Waals surface area (Å²) in [5.41, 5.74) is 10.2. The lowest BCUT2D eigenvalue weighted by Gasteiger charge is -2.26. The largest absolute Gasteiger partial charge is 0.463 e. The highest BCUT2D eigenvalue weighted by Gasteiger charge is 2.21. The molecule has 0 bridgehead atoms. The van der Waals surface area contributed by atoms with E-state index in [9.17, 15) is 9.59 Å². The molecule has 358 valence electrons. The van der Waals surface area contributed by atoms with Crippen LogP contribution >= 0.6 is 22.7 Å². The van der Waals surface area contributed by atoms with Crippen LogP contribution in [0.25, 0.3) is 30.6 Å². The van der Waals surface area contributed by atoms with Gasteiger partial charge >= 0.3 is 11.9 Å². The Labute approximate surface area is 421 Å². The first kappa shape index (κ1) is 49.6. The monoisotopic (exact) mass is 966 g/mol. The second kappa shape index (κ2) is 22.8. The normalized spacial score (nSPS) is 11.6. The number of thiophene rings is 2. The van der Waals surface area contributed by atoms with Crippen molar-refractivity contribution in [1.29, 1.82) is 0 Å². The second-order valence-electron chi connectivity index (χ2n) is 18.9. The van der Waals surface area contributed by atoms with E-state index in [0.717, 1.165) is 51.7 Å². The lowest BCUT2D eigenvalue weighted by atomic mass is 10.1. The molecule has 0 aliphatic rings. The molecule has 0 saturated heterocycles. The van der Waals surface area contributed by atoms with Gasteiger partial charge in [-0.15, -0.1) is 22.7 Å². The number of hydrogen-bond donors (Lipinski definition) is 0. The first-order valence-corrected chi connectivity index (χ1v) is 25.7. The van der Waals surface area contributed by atoms with E-state index in [0.29, 0.717) is 32.3 Å². The number of anilines is 6. The summed E-state index contributed by atoms with van der Waals surface area (Å²) in [5.74, 6) is -0.382. The molecule has 8 aromatic rings. The number of rotatable bonds is 20. The summed E-state index contributed by atoms with van der Waals surface area (Å²) in [6.07, 6.45) is 2.69. The van der Waals surface area contributed by atoms with Gasteiger partial charge in [-0.1, -0.05) is 91.9 Å². The number of para-hydroxylation sites is 2. The van der Waals surface area contributed by atoms with Crippen LogP contribution in [-0.2, 0) is 36.6 Å². The first-order valence-electron chi connectivity index (χ1n) is 24.1. The Bertz CT molecular complexity index is 2920. The van der Waals surface area contributed by atoms with Crippen molar-refractivity contribution >= 4 is 68.7 Å². The van der Waals surface area contributed by atoms with Crippen LogP contribution in [0.2, 0.25) is 0 Å². The molecular weight excluding hydrogens is 905 g/mol. The Morgan fingerprint density at radius 3 is 1.21 bits per heavy atom. The topological polar surface area (TPSA) is 68.3 Å². The Morgan fingerprint density at radius 2 is 0.814 bits per heavy atom. The van der Waals surface area contributed by atoms with E-state index in [2.05, 4.69) is 180 Å². The predicted molar refractivity (Wildman–Crippen MR) is 292 cm³/mol. The average Bonchev–Trinajstić information content (AvgIpc) is 4.08. The van der Waals surface area contributed by atoms with Crippen LogP contribution in [0.1, 0.15) is 71.9 Å². The van der Waals surface area contributed by atoms with Gasteiger partial charge in [-0.25, -0.2) is 0 Å². The van der Waals surface area contributed by atoms with Crippen LogP contribution in [0.5, 0.6) is 0 Å². The maximum Gasteiger partial charge on any atom is 0.306 e. The minimum Gasteiger partial charge on any atom is -0.463 e. The van der Waals surface area contributed by atoms with Crippen molar-refractivity contribution in [2.45, 2.75) is 84.8 Å². The van der Waals surface area contributed by atoms with Gasteiger partial charge < -0.3 is 24.0 Å². The van der Waals surface area contributed by atoms with Gasteiger partial charge in [0.25, 0.3) is 0 Å². The molecule has 7 nitrogen and oxygen atoms in total. The lowest BCUT2D eigenvalue weighted by molar-refractivity contribution is -0.156. The Hall–Kier alpha value is -6.78. The fourth-order valence-corrected chi connectivity index (χ4v) is 10.1. The summed E-state index contributed by atoms with van der Waals surface area (Å²) in [6, 6.07) is 64.2. The van der Waals surface area contributed by atoms with Crippen molar-refractivity contribution in [1.82, 2.24) is 0 Å². The summed E-state index contributed by atoms with van der Waals surface area (Å²) in [6.45, 7) is 12.5. The van der Waals surface area contributed by atoms with E-state index in [-0.39, 0.29) is 24.1 Å². The molecule has 6 aromatic carbocycles. The zero-order valence-corrected chi connectivity index (χ0v) is 42.7. The van der Waals surface area contributed by atoms with Crippen LogP contribution < -0.4 is 9.80 Å². The molecular formula is C61H62N2O5S2. The van der Waals surface area contributed by atoms with Gasteiger partial charge in [0, 0.05) is 66.5 Å². The summed E-state index contributed by atoms with van der Waals surface area (Å²) in [5, 5.41) is 0. The number of nitrogens with zero attached hydrogens (tertiary/aromatic N) is 2. The van der Waals surface area contributed by atoms with E-state index in [4.69, 9.17) is 14.2 Å². The molecule has 0 fully saturated rings. The highest BCUT2D eigenvalue weighted by atomic mass is 32.1. The van der Waals surface area contributed by atoms with Crippen molar-refractivity contribution in [3.8, 4) is 30.6 Å². The molecule has 0 saturated carbocycles.